The first kappa shape index (κ1) is 14.8. The van der Waals surface area contributed by atoms with E-state index in [2.05, 4.69) is 33.0 Å². The molecule has 2 aromatic rings. The Hall–Kier alpha value is -1.11. The van der Waals surface area contributed by atoms with E-state index in [9.17, 15) is 4.79 Å². The average molecular weight is 369 g/mol. The highest BCUT2D eigenvalue weighted by molar-refractivity contribution is 9.11. The van der Waals surface area contributed by atoms with Crippen molar-refractivity contribution in [3.05, 3.63) is 44.4 Å². The number of nitrogens with zero attached hydrogens (tertiary/aromatic N) is 2. The minimum absolute atomic E-state index is 0.0831. The Morgan fingerprint density at radius 2 is 2.05 bits per heavy atom. The van der Waals surface area contributed by atoms with E-state index < -0.39 is 0 Å². The van der Waals surface area contributed by atoms with Gasteiger partial charge in [-0.3, -0.25) is 9.69 Å². The number of aryl methyl sites for hydroxylation is 1. The van der Waals surface area contributed by atoms with Crippen LogP contribution in [-0.2, 0) is 6.54 Å². The highest BCUT2D eigenvalue weighted by Crippen LogP contribution is 2.24. The molecule has 0 N–H and O–H groups in total. The quantitative estimate of drug-likeness (QED) is 0.833. The van der Waals surface area contributed by atoms with Gasteiger partial charge in [-0.2, -0.15) is 0 Å². The molecule has 0 unspecified atom stereocenters. The number of amides is 1. The molecule has 0 saturated carbocycles. The maximum Gasteiger partial charge on any atom is 0.257 e. The predicted molar refractivity (Wildman–Crippen MR) is 86.6 cm³/mol. The van der Waals surface area contributed by atoms with Crippen molar-refractivity contribution >= 4 is 33.2 Å². The van der Waals surface area contributed by atoms with Gasteiger partial charge in [-0.15, -0.1) is 11.3 Å². The molecule has 1 amide bonds. The molecule has 3 rings (SSSR count). The van der Waals surface area contributed by atoms with E-state index in [1.54, 1.807) is 23.7 Å². The van der Waals surface area contributed by atoms with E-state index in [-0.39, 0.29) is 5.91 Å². The van der Waals surface area contributed by atoms with Gasteiger partial charge in [0.2, 0.25) is 0 Å². The Morgan fingerprint density at radius 1 is 1.29 bits per heavy atom. The lowest BCUT2D eigenvalue weighted by molar-refractivity contribution is 0.0628. The van der Waals surface area contributed by atoms with Gasteiger partial charge in [0, 0.05) is 37.6 Å². The highest BCUT2D eigenvalue weighted by Gasteiger charge is 2.24. The fraction of sp³-hybridized carbons (Fsp3) is 0.400. The van der Waals surface area contributed by atoms with Crippen molar-refractivity contribution in [2.45, 2.75) is 13.5 Å². The minimum atomic E-state index is 0.0831. The maximum atomic E-state index is 12.4. The van der Waals surface area contributed by atoms with E-state index >= 15 is 0 Å². The standard InChI is InChI=1S/C15H17BrN2O2S/c1-11-13(4-9-20-11)15(19)18-7-5-17(6-8-18)10-12-2-3-14(16)21-12/h2-4,9H,5-8,10H2,1H3. The van der Waals surface area contributed by atoms with Crippen molar-refractivity contribution in [3.63, 3.8) is 0 Å². The summed E-state index contributed by atoms with van der Waals surface area (Å²) >= 11 is 5.26. The molecule has 0 aromatic carbocycles. The van der Waals surface area contributed by atoms with Crippen LogP contribution < -0.4 is 0 Å². The van der Waals surface area contributed by atoms with Crippen LogP contribution in [0.25, 0.3) is 0 Å². The molecule has 0 bridgehead atoms. The van der Waals surface area contributed by atoms with Crippen LogP contribution in [0.5, 0.6) is 0 Å². The van der Waals surface area contributed by atoms with Gasteiger partial charge in [-0.1, -0.05) is 0 Å². The Bertz CT molecular complexity index is 629. The average Bonchev–Trinajstić information content (AvgIpc) is 3.08. The van der Waals surface area contributed by atoms with E-state index in [0.717, 1.165) is 32.7 Å². The molecule has 21 heavy (non-hydrogen) atoms. The van der Waals surface area contributed by atoms with Gasteiger partial charge in [-0.05, 0) is 41.1 Å². The lowest BCUT2D eigenvalue weighted by atomic mass is 10.2. The van der Waals surface area contributed by atoms with Gasteiger partial charge in [0.05, 0.1) is 15.6 Å². The molecule has 112 valence electrons. The van der Waals surface area contributed by atoms with E-state index in [0.29, 0.717) is 11.3 Å². The van der Waals surface area contributed by atoms with Gasteiger partial charge < -0.3 is 9.32 Å². The van der Waals surface area contributed by atoms with Crippen LogP contribution in [0.15, 0.2) is 32.7 Å². The summed E-state index contributed by atoms with van der Waals surface area (Å²) < 4.78 is 6.39. The van der Waals surface area contributed by atoms with Gasteiger partial charge in [0.25, 0.3) is 5.91 Å². The molecule has 0 spiro atoms. The number of thiophene rings is 1. The molecule has 1 aliphatic heterocycles. The zero-order valence-corrected chi connectivity index (χ0v) is 14.2. The summed E-state index contributed by atoms with van der Waals surface area (Å²) in [4.78, 5) is 18.1. The third-order valence-corrected chi connectivity index (χ3v) is 5.37. The first-order valence-corrected chi connectivity index (χ1v) is 8.54. The summed E-state index contributed by atoms with van der Waals surface area (Å²) in [5.41, 5.74) is 0.686. The molecule has 1 saturated heterocycles. The van der Waals surface area contributed by atoms with Gasteiger partial charge in [0.15, 0.2) is 0 Å². The topological polar surface area (TPSA) is 36.7 Å². The largest absolute Gasteiger partial charge is 0.469 e. The van der Waals surface area contributed by atoms with Crippen molar-refractivity contribution in [2.75, 3.05) is 26.2 Å². The fourth-order valence-corrected chi connectivity index (χ4v) is 4.07. The van der Waals surface area contributed by atoms with Crippen molar-refractivity contribution in [1.82, 2.24) is 9.80 Å². The van der Waals surface area contributed by atoms with E-state index in [1.807, 2.05) is 11.8 Å². The van der Waals surface area contributed by atoms with Gasteiger partial charge >= 0.3 is 0 Å². The molecule has 1 fully saturated rings. The summed E-state index contributed by atoms with van der Waals surface area (Å²) in [5.74, 6) is 0.783. The SMILES string of the molecule is Cc1occc1C(=O)N1CCN(Cc2ccc(Br)s2)CC1. The second-order valence-electron chi connectivity index (χ2n) is 5.16. The number of carbonyl (C=O) groups is 1. The lowest BCUT2D eigenvalue weighted by Crippen LogP contribution is -2.48. The summed E-state index contributed by atoms with van der Waals surface area (Å²) in [5, 5.41) is 0. The Kier molecular flexibility index (Phi) is 4.47. The first-order valence-electron chi connectivity index (χ1n) is 6.93. The Balaban J connectivity index is 1.55. The third kappa shape index (κ3) is 3.39. The summed E-state index contributed by atoms with van der Waals surface area (Å²) in [6.07, 6.45) is 1.58. The fourth-order valence-electron chi connectivity index (χ4n) is 2.54. The van der Waals surface area contributed by atoms with Gasteiger partial charge in [-0.25, -0.2) is 0 Å². The normalized spacial score (nSPS) is 16.4. The molecule has 2 aromatic heterocycles. The molecule has 1 aliphatic rings. The lowest BCUT2D eigenvalue weighted by Gasteiger charge is -2.34. The number of piperazine rings is 1. The molecule has 0 aliphatic carbocycles. The highest BCUT2D eigenvalue weighted by atomic mass is 79.9. The van der Waals surface area contributed by atoms with E-state index in [4.69, 9.17) is 4.42 Å². The first-order chi connectivity index (χ1) is 10.1. The monoisotopic (exact) mass is 368 g/mol. The third-order valence-electron chi connectivity index (χ3n) is 3.76. The van der Waals surface area contributed by atoms with Crippen LogP contribution in [0, 0.1) is 6.92 Å². The molecule has 3 heterocycles. The molecule has 0 atom stereocenters. The van der Waals surface area contributed by atoms with Gasteiger partial charge in [0.1, 0.15) is 5.76 Å². The second-order valence-corrected chi connectivity index (χ2v) is 7.71. The Labute approximate surface area is 136 Å². The van der Waals surface area contributed by atoms with Crippen LogP contribution in [0.3, 0.4) is 0 Å². The number of rotatable bonds is 3. The Morgan fingerprint density at radius 3 is 2.62 bits per heavy atom. The number of hydrogen-bond acceptors (Lipinski definition) is 4. The van der Waals surface area contributed by atoms with Crippen LogP contribution in [0.1, 0.15) is 21.0 Å². The smallest absolute Gasteiger partial charge is 0.257 e. The summed E-state index contributed by atoms with van der Waals surface area (Å²) in [7, 11) is 0. The molecular formula is C15H17BrN2O2S. The molecule has 6 heteroatoms. The van der Waals surface area contributed by atoms with Crippen LogP contribution in [-0.4, -0.2) is 41.9 Å². The van der Waals surface area contributed by atoms with Crippen molar-refractivity contribution in [3.8, 4) is 0 Å². The second kappa shape index (κ2) is 6.34. The summed E-state index contributed by atoms with van der Waals surface area (Å²) in [6, 6.07) is 6.00. The zero-order chi connectivity index (χ0) is 14.8. The molecule has 4 nitrogen and oxygen atoms in total. The van der Waals surface area contributed by atoms with Crippen LogP contribution >= 0.6 is 27.3 Å². The van der Waals surface area contributed by atoms with Crippen LogP contribution in [0.4, 0.5) is 0 Å². The number of furan rings is 1. The van der Waals surface area contributed by atoms with Crippen molar-refractivity contribution in [2.24, 2.45) is 0 Å². The van der Waals surface area contributed by atoms with Crippen LogP contribution in [0.2, 0.25) is 0 Å². The zero-order valence-electron chi connectivity index (χ0n) is 11.8. The number of halogens is 1. The molecule has 0 radical (unpaired) electrons. The predicted octanol–water partition coefficient (Wildman–Crippen LogP) is 3.37. The van der Waals surface area contributed by atoms with Crippen molar-refractivity contribution < 1.29 is 9.21 Å². The van der Waals surface area contributed by atoms with Crippen molar-refractivity contribution in [1.29, 1.82) is 0 Å². The van der Waals surface area contributed by atoms with E-state index in [1.165, 1.54) is 8.66 Å². The molecular weight excluding hydrogens is 352 g/mol. The number of hydrogen-bond donors (Lipinski definition) is 0. The maximum absolute atomic E-state index is 12.4. The minimum Gasteiger partial charge on any atom is -0.469 e. The summed E-state index contributed by atoms with van der Waals surface area (Å²) in [6.45, 7) is 6.17. The number of carbonyl (C=O) groups excluding carboxylic acids is 1.